The van der Waals surface area contributed by atoms with E-state index in [1.54, 1.807) is 13.8 Å². The molecule has 6 aliphatic rings. The van der Waals surface area contributed by atoms with E-state index in [2.05, 4.69) is 0 Å². The summed E-state index contributed by atoms with van der Waals surface area (Å²) in [4.78, 5) is 0. The molecule has 0 aromatic carbocycles. The van der Waals surface area contributed by atoms with Gasteiger partial charge in [-0.05, 0) is 79.7 Å². The Morgan fingerprint density at radius 3 is 1.32 bits per heavy atom. The van der Waals surface area contributed by atoms with E-state index < -0.39 is 197 Å². The summed E-state index contributed by atoms with van der Waals surface area (Å²) >= 11 is 0. The van der Waals surface area contributed by atoms with Gasteiger partial charge in [-0.15, -0.1) is 0 Å². The highest BCUT2D eigenvalue weighted by atomic mass is 16.8. The van der Waals surface area contributed by atoms with Crippen LogP contribution in [0.4, 0.5) is 0 Å². The van der Waals surface area contributed by atoms with Gasteiger partial charge < -0.3 is 144 Å². The second kappa shape index (κ2) is 28.7. The average Bonchev–Trinajstić information content (AvgIpc) is 3.42. The van der Waals surface area contributed by atoms with Gasteiger partial charge in [0.15, 0.2) is 43.7 Å². The van der Waals surface area contributed by atoms with Gasteiger partial charge in [-0.3, -0.25) is 0 Å². The van der Waals surface area contributed by atoms with Crippen molar-refractivity contribution in [1.82, 2.24) is 0 Å². The van der Waals surface area contributed by atoms with Crippen LogP contribution in [-0.2, 0) is 56.8 Å². The van der Waals surface area contributed by atoms with Gasteiger partial charge in [0.2, 0.25) is 12.1 Å². The largest absolute Gasteiger partial charge is 0.470 e. The van der Waals surface area contributed by atoms with Crippen LogP contribution in [-0.4, -0.2) is 291 Å². The van der Waals surface area contributed by atoms with Crippen LogP contribution >= 0.6 is 0 Å². The molecule has 79 heavy (non-hydrogen) atoms. The highest BCUT2D eigenvalue weighted by molar-refractivity contribution is 5.07. The van der Waals surface area contributed by atoms with E-state index in [9.17, 15) is 86.8 Å². The first-order valence-corrected chi connectivity index (χ1v) is 26.4. The van der Waals surface area contributed by atoms with Crippen molar-refractivity contribution in [2.75, 3.05) is 19.8 Å². The molecule has 0 aromatic heterocycles. The van der Waals surface area contributed by atoms with Crippen molar-refractivity contribution >= 4 is 0 Å². The quantitative estimate of drug-likeness (QED) is 0.0289. The maximum Gasteiger partial charge on any atom is 0.229 e. The van der Waals surface area contributed by atoms with Gasteiger partial charge in [-0.1, -0.05) is 23.3 Å². The Kier molecular flexibility index (Phi) is 24.0. The maximum atomic E-state index is 12.2. The summed E-state index contributed by atoms with van der Waals surface area (Å²) in [7, 11) is 0. The average molecular weight is 1150 g/mol. The monoisotopic (exact) mass is 1150 g/mol. The molecule has 6 fully saturated rings. The minimum absolute atomic E-state index is 0.222. The van der Waals surface area contributed by atoms with E-state index in [1.165, 1.54) is 34.0 Å². The molecule has 6 rings (SSSR count). The Labute approximate surface area is 455 Å². The fraction of sp³-hybridized carbons (Fsp3) is 0.880. The van der Waals surface area contributed by atoms with Crippen molar-refractivity contribution in [3.05, 3.63) is 35.1 Å². The van der Waals surface area contributed by atoms with E-state index in [0.717, 1.165) is 5.57 Å². The zero-order valence-electron chi connectivity index (χ0n) is 44.9. The highest BCUT2D eigenvalue weighted by Crippen LogP contribution is 2.40. The Balaban J connectivity index is 1.10. The van der Waals surface area contributed by atoms with Gasteiger partial charge in [0.05, 0.1) is 50.5 Å². The minimum Gasteiger partial charge on any atom is -0.470 e. The molecule has 0 spiro atoms. The lowest BCUT2D eigenvalue weighted by molar-refractivity contribution is -0.460. The lowest BCUT2D eigenvalue weighted by Crippen LogP contribution is -2.73. The molecule has 17 N–H and O–H groups in total. The molecule has 0 unspecified atom stereocenters. The van der Waals surface area contributed by atoms with Gasteiger partial charge in [0, 0.05) is 0 Å². The van der Waals surface area contributed by atoms with Crippen LogP contribution in [0.5, 0.6) is 0 Å². The van der Waals surface area contributed by atoms with Crippen LogP contribution in [0.3, 0.4) is 0 Å². The Bertz CT molecular complexity index is 1980. The number of hydrogen-bond acceptors (Lipinski definition) is 29. The molecular weight excluding hydrogens is 1060 g/mol. The molecule has 6 saturated heterocycles. The van der Waals surface area contributed by atoms with Crippen molar-refractivity contribution in [2.24, 2.45) is 0 Å². The summed E-state index contributed by atoms with van der Waals surface area (Å²) in [5, 5.41) is 182. The number of aliphatic hydroxyl groups excluding tert-OH is 16. The smallest absolute Gasteiger partial charge is 0.229 e. The predicted octanol–water partition coefficient (Wildman–Crippen LogP) is -6.30. The molecular formula is C50H84O29. The van der Waals surface area contributed by atoms with Crippen LogP contribution in [0.25, 0.3) is 0 Å². The summed E-state index contributed by atoms with van der Waals surface area (Å²) in [6.07, 6.45) is -40.5. The molecule has 0 bridgehead atoms. The molecule has 6 aliphatic heterocycles. The van der Waals surface area contributed by atoms with Crippen LogP contribution in [0.1, 0.15) is 74.1 Å². The first-order chi connectivity index (χ1) is 37.1. The molecule has 0 amide bonds. The summed E-state index contributed by atoms with van der Waals surface area (Å²) in [5.74, 6) is -3.06. The molecule has 0 aromatic rings. The van der Waals surface area contributed by atoms with Crippen LogP contribution in [0.15, 0.2) is 35.1 Å². The van der Waals surface area contributed by atoms with Gasteiger partial charge in [-0.2, -0.15) is 0 Å². The molecule has 458 valence electrons. The topological polar surface area (TPSA) is 455 Å². The third kappa shape index (κ3) is 15.2. The Hall–Kier alpha value is -2.10. The number of ether oxygens (including phenoxy) is 12. The number of hydrogen-bond donors (Lipinski definition) is 17. The van der Waals surface area contributed by atoms with Gasteiger partial charge >= 0.3 is 0 Å². The zero-order chi connectivity index (χ0) is 58.5. The lowest BCUT2D eigenvalue weighted by atomic mass is 9.93. The standard InChI is InChI=1S/C50H84O29/c1-18(10-8-12-19(2)16-68-48-41(77-45-37(63)33(59)28(54)22(5)71-45)40(31(57)25(14-51)74-48)76-44-36(62)32(58)27(53)21(4)70-44)11-9-13-20(3)17-69-49-43(78-46-38(64)34(60)29(55)23(6)72-46)50(67,42(66)26(15-52)75-49)79-47-39(65)35(61)30(56)24(7)73-47/h10,13,16,21-49,51-67H,8-9,11-12,14-15,17H2,1-7H3/b18-10+,19-16+,20-13-/t21-,22-,23-,24-,25+,26+,27-,28-,29-,30-,31+,32+,33+,34+,35+,36+,37+,38+,39+,40-,41+,42+,43-,44-,45-,46-,47-,48+,49+,50+/m0/s1. The first kappa shape index (κ1) is 66.0. The second-order valence-corrected chi connectivity index (χ2v) is 21.3. The van der Waals surface area contributed by atoms with E-state index >= 15 is 0 Å². The fourth-order valence-electron chi connectivity index (χ4n) is 9.80. The zero-order valence-corrected chi connectivity index (χ0v) is 44.9. The maximum absolute atomic E-state index is 12.2. The Morgan fingerprint density at radius 1 is 0.430 bits per heavy atom. The molecule has 0 saturated carbocycles. The molecule has 30 atom stereocenters. The van der Waals surface area contributed by atoms with Crippen molar-refractivity contribution < 1.29 is 144 Å². The van der Waals surface area contributed by atoms with Crippen molar-refractivity contribution in [1.29, 1.82) is 0 Å². The van der Waals surface area contributed by atoms with Crippen LogP contribution < -0.4 is 0 Å². The van der Waals surface area contributed by atoms with Crippen LogP contribution in [0.2, 0.25) is 0 Å². The van der Waals surface area contributed by atoms with E-state index in [4.69, 9.17) is 56.8 Å². The number of rotatable bonds is 21. The van der Waals surface area contributed by atoms with E-state index in [-0.39, 0.29) is 6.61 Å². The minimum atomic E-state index is -3.06. The second-order valence-electron chi connectivity index (χ2n) is 21.3. The summed E-state index contributed by atoms with van der Waals surface area (Å²) in [6.45, 7) is 9.01. The summed E-state index contributed by atoms with van der Waals surface area (Å²) < 4.78 is 69.9. The highest BCUT2D eigenvalue weighted by Gasteiger charge is 2.63. The first-order valence-electron chi connectivity index (χ1n) is 26.4. The molecule has 29 heteroatoms. The summed E-state index contributed by atoms with van der Waals surface area (Å²) in [6, 6.07) is 0. The van der Waals surface area contributed by atoms with Gasteiger partial charge in [0.1, 0.15) is 104 Å². The normalized spacial score (nSPS) is 48.7. The van der Waals surface area contributed by atoms with Gasteiger partial charge in [0.25, 0.3) is 0 Å². The van der Waals surface area contributed by atoms with Crippen molar-refractivity contribution in [3.8, 4) is 0 Å². The molecule has 0 aliphatic carbocycles. The van der Waals surface area contributed by atoms with E-state index in [0.29, 0.717) is 36.8 Å². The predicted molar refractivity (Wildman–Crippen MR) is 260 cm³/mol. The van der Waals surface area contributed by atoms with Gasteiger partial charge in [-0.25, -0.2) is 0 Å². The molecule has 6 heterocycles. The summed E-state index contributed by atoms with van der Waals surface area (Å²) in [5.41, 5.74) is 2.27. The number of aliphatic hydroxyl groups is 17. The molecule has 0 radical (unpaired) electrons. The molecule has 29 nitrogen and oxygen atoms in total. The third-order valence-corrected chi connectivity index (χ3v) is 15.1. The SMILES string of the molecule is C/C(=C/CC/C(C)=C/CC/C(C)=C/O[C@@H]1O[C@H](CO)[C@@H](O)[C@H](O[C@@H]2O[C@@H](C)[C@H](O)[C@@H](O)[C@H]2O)[C@H]1O[C@@H]1O[C@@H](C)[C@H](O)[C@@H](O)[C@H]1O)CO[C@@H]1O[C@H](CO)[C@@H](O)[C@@](O)(O[C@@H]2O[C@@H](C)[C@H](O)[C@@H](O)[C@H]2O)[C@H]1O[C@@H]1O[C@@H](C)[C@H](O)[C@@H](O)[C@H]1O. The number of allylic oxidation sites excluding steroid dienone is 4. The van der Waals surface area contributed by atoms with Crippen molar-refractivity contribution in [2.45, 2.75) is 258 Å². The fourth-order valence-corrected chi connectivity index (χ4v) is 9.80. The van der Waals surface area contributed by atoms with E-state index in [1.807, 2.05) is 19.1 Å². The van der Waals surface area contributed by atoms with Crippen molar-refractivity contribution in [3.63, 3.8) is 0 Å². The third-order valence-electron chi connectivity index (χ3n) is 15.1. The lowest BCUT2D eigenvalue weighted by Gasteiger charge is -2.52. The Morgan fingerprint density at radius 2 is 0.835 bits per heavy atom. The van der Waals surface area contributed by atoms with Crippen LogP contribution in [0, 0.1) is 0 Å².